The van der Waals surface area contributed by atoms with Crippen LogP contribution in [0.1, 0.15) is 34.4 Å². The molecule has 1 aromatic heterocycles. The first-order valence-electron chi connectivity index (χ1n) is 13.9. The highest BCUT2D eigenvalue weighted by Gasteiger charge is 2.73. The Hall–Kier alpha value is -4.38. The minimum Gasteiger partial charge on any atom is -0.480 e. The van der Waals surface area contributed by atoms with Crippen molar-refractivity contribution >= 4 is 15.8 Å². The van der Waals surface area contributed by atoms with Gasteiger partial charge in [-0.05, 0) is 66.8 Å². The third kappa shape index (κ3) is 5.93. The first kappa shape index (κ1) is 34.9. The zero-order chi connectivity index (χ0) is 35.3. The van der Waals surface area contributed by atoms with Gasteiger partial charge in [0, 0.05) is 17.3 Å². The monoisotopic (exact) mass is 706 g/mol. The maximum absolute atomic E-state index is 14.5. The predicted octanol–water partition coefficient (Wildman–Crippen LogP) is 6.78. The lowest BCUT2D eigenvalue weighted by Crippen LogP contribution is -2.56. The molecule has 5 rings (SSSR count). The van der Waals surface area contributed by atoms with Gasteiger partial charge in [0.25, 0.3) is 5.60 Å². The predicted molar refractivity (Wildman–Crippen MR) is 149 cm³/mol. The van der Waals surface area contributed by atoms with Crippen molar-refractivity contribution in [1.82, 2.24) is 9.78 Å². The number of halogens is 9. The van der Waals surface area contributed by atoms with E-state index in [0.29, 0.717) is 30.0 Å². The van der Waals surface area contributed by atoms with Gasteiger partial charge in [0.05, 0.1) is 17.2 Å². The SMILES string of the molecule is O=C(O)Cn1cc2c(n1)CCC(c1ccc(C(OCc3c(F)cccc3F)(C(F)(F)F)C(F)(F)F)cc1)(S(=O)(=O)c1ccc(F)cc1)C2. The highest BCUT2D eigenvalue weighted by molar-refractivity contribution is 7.92. The molecule has 48 heavy (non-hydrogen) atoms. The van der Waals surface area contributed by atoms with E-state index in [1.807, 2.05) is 0 Å². The minimum atomic E-state index is -6.23. The molecule has 0 amide bonds. The average molecular weight is 707 g/mol. The molecule has 0 saturated carbocycles. The van der Waals surface area contributed by atoms with Crippen molar-refractivity contribution in [1.29, 1.82) is 0 Å². The maximum Gasteiger partial charge on any atom is 0.430 e. The highest BCUT2D eigenvalue weighted by atomic mass is 32.2. The Morgan fingerprint density at radius 2 is 1.48 bits per heavy atom. The van der Waals surface area contributed by atoms with E-state index < -0.39 is 91.6 Å². The zero-order valence-corrected chi connectivity index (χ0v) is 25.1. The number of hydrogen-bond acceptors (Lipinski definition) is 5. The van der Waals surface area contributed by atoms with Crippen molar-refractivity contribution in [3.8, 4) is 0 Å². The number of sulfone groups is 1. The third-order valence-corrected chi connectivity index (χ3v) is 10.7. The van der Waals surface area contributed by atoms with Gasteiger partial charge in [0.15, 0.2) is 9.84 Å². The van der Waals surface area contributed by atoms with Crippen LogP contribution in [-0.4, -0.2) is 41.6 Å². The van der Waals surface area contributed by atoms with Gasteiger partial charge in [-0.3, -0.25) is 9.48 Å². The number of nitrogens with zero attached hydrogens (tertiary/aromatic N) is 2. The number of carboxylic acid groups (broad SMARTS) is 1. The average Bonchev–Trinajstić information content (AvgIpc) is 3.38. The number of aryl methyl sites for hydroxylation is 1. The van der Waals surface area contributed by atoms with E-state index >= 15 is 0 Å². The largest absolute Gasteiger partial charge is 0.480 e. The molecule has 1 N–H and O–H groups in total. The van der Waals surface area contributed by atoms with Crippen LogP contribution >= 0.6 is 0 Å². The Bertz CT molecular complexity index is 1910. The fourth-order valence-electron chi connectivity index (χ4n) is 5.86. The molecule has 0 bridgehead atoms. The summed E-state index contributed by atoms with van der Waals surface area (Å²) in [6, 6.07) is 8.00. The number of fused-ring (bicyclic) bond motifs is 1. The van der Waals surface area contributed by atoms with Crippen molar-refractivity contribution in [3.63, 3.8) is 0 Å². The van der Waals surface area contributed by atoms with Gasteiger partial charge in [-0.2, -0.15) is 31.4 Å². The van der Waals surface area contributed by atoms with Gasteiger partial charge in [-0.25, -0.2) is 21.6 Å². The molecule has 7 nitrogen and oxygen atoms in total. The summed E-state index contributed by atoms with van der Waals surface area (Å²) in [5.74, 6) is -4.92. The maximum atomic E-state index is 14.5. The molecular weight excluding hydrogens is 683 g/mol. The van der Waals surface area contributed by atoms with Crippen molar-refractivity contribution < 1.29 is 62.6 Å². The standard InChI is InChI=1S/C31H23F9N2O5S/c32-21-8-10-22(11-9-21)48(45,46)28(13-12-26-18(14-28)15-42(41-26)16-27(43)44)19-4-6-20(7-5-19)29(30(35,36)37,31(38,39)40)47-17-23-24(33)2-1-3-25(23)34/h1-11,15H,12-14,16-17H2,(H,43,44). The molecule has 1 unspecified atom stereocenters. The highest BCUT2D eigenvalue weighted by Crippen LogP contribution is 2.54. The van der Waals surface area contributed by atoms with Gasteiger partial charge in [0.2, 0.25) is 0 Å². The Labute approximate surface area is 266 Å². The van der Waals surface area contributed by atoms with Gasteiger partial charge in [0.1, 0.15) is 28.7 Å². The van der Waals surface area contributed by atoms with Crippen LogP contribution in [0.4, 0.5) is 39.5 Å². The van der Waals surface area contributed by atoms with E-state index in [4.69, 9.17) is 5.11 Å². The Kier molecular flexibility index (Phi) is 8.92. The minimum absolute atomic E-state index is 0.0868. The Morgan fingerprint density at radius 1 is 0.896 bits per heavy atom. The number of ether oxygens (including phenoxy) is 1. The van der Waals surface area contributed by atoms with Crippen LogP contribution in [0, 0.1) is 17.5 Å². The zero-order valence-electron chi connectivity index (χ0n) is 24.2. The summed E-state index contributed by atoms with van der Waals surface area (Å²) in [6.07, 6.45) is -12.0. The number of aromatic nitrogens is 2. The molecule has 1 heterocycles. The van der Waals surface area contributed by atoms with Crippen LogP contribution in [0.15, 0.2) is 77.8 Å². The summed E-state index contributed by atoms with van der Waals surface area (Å²) in [7, 11) is -4.59. The molecule has 17 heteroatoms. The van der Waals surface area contributed by atoms with Crippen molar-refractivity contribution in [3.05, 3.63) is 118 Å². The first-order valence-corrected chi connectivity index (χ1v) is 15.4. The smallest absolute Gasteiger partial charge is 0.430 e. The summed E-state index contributed by atoms with van der Waals surface area (Å²) in [6.45, 7) is -2.35. The normalized spacial score (nSPS) is 17.3. The van der Waals surface area contributed by atoms with E-state index in [1.165, 1.54) is 6.20 Å². The number of carbonyl (C=O) groups is 1. The van der Waals surface area contributed by atoms with Crippen molar-refractivity contribution in [2.24, 2.45) is 0 Å². The van der Waals surface area contributed by atoms with Gasteiger partial charge in [-0.15, -0.1) is 0 Å². The lowest BCUT2D eigenvalue weighted by atomic mass is 9.81. The number of rotatable bonds is 9. The molecule has 1 aliphatic carbocycles. The Balaban J connectivity index is 1.65. The van der Waals surface area contributed by atoms with Crippen LogP contribution in [0.3, 0.4) is 0 Å². The van der Waals surface area contributed by atoms with Crippen molar-refractivity contribution in [2.75, 3.05) is 0 Å². The van der Waals surface area contributed by atoms with Crippen molar-refractivity contribution in [2.45, 2.75) is 60.0 Å². The molecule has 0 aliphatic heterocycles. The van der Waals surface area contributed by atoms with Gasteiger partial charge in [-0.1, -0.05) is 30.3 Å². The Morgan fingerprint density at radius 3 is 2.02 bits per heavy atom. The number of benzene rings is 3. The van der Waals surface area contributed by atoms with Gasteiger partial charge < -0.3 is 9.84 Å². The van der Waals surface area contributed by atoms with E-state index in [-0.39, 0.29) is 24.0 Å². The number of hydrogen-bond donors (Lipinski definition) is 1. The van der Waals surface area contributed by atoms with E-state index in [1.54, 1.807) is 0 Å². The molecule has 0 radical (unpaired) electrons. The molecule has 0 saturated heterocycles. The summed E-state index contributed by atoms with van der Waals surface area (Å²) in [5.41, 5.74) is -7.49. The quantitative estimate of drug-likeness (QED) is 0.152. The molecule has 1 atom stereocenters. The van der Waals surface area contributed by atoms with Gasteiger partial charge >= 0.3 is 18.3 Å². The molecule has 256 valence electrons. The van der Waals surface area contributed by atoms with E-state index in [9.17, 15) is 52.7 Å². The van der Waals surface area contributed by atoms with E-state index in [0.717, 1.165) is 47.1 Å². The molecule has 4 aromatic rings. The summed E-state index contributed by atoms with van der Waals surface area (Å²) >= 11 is 0. The number of aliphatic carboxylic acids is 1. The molecular formula is C31H23F9N2O5S. The fourth-order valence-corrected chi connectivity index (χ4v) is 7.97. The second-order valence-corrected chi connectivity index (χ2v) is 13.3. The summed E-state index contributed by atoms with van der Waals surface area (Å²) in [4.78, 5) is 10.8. The number of carboxylic acids is 1. The van der Waals surface area contributed by atoms with Crippen LogP contribution < -0.4 is 0 Å². The van der Waals surface area contributed by atoms with Crippen LogP contribution in [0.2, 0.25) is 0 Å². The van der Waals surface area contributed by atoms with Crippen LogP contribution in [0.25, 0.3) is 0 Å². The van der Waals surface area contributed by atoms with Crippen LogP contribution in [-0.2, 0) is 55.7 Å². The number of alkyl halides is 6. The van der Waals surface area contributed by atoms with Crippen LogP contribution in [0.5, 0.6) is 0 Å². The molecule has 1 aliphatic rings. The lowest BCUT2D eigenvalue weighted by molar-refractivity contribution is -0.392. The lowest BCUT2D eigenvalue weighted by Gasteiger charge is -2.39. The van der Waals surface area contributed by atoms with E-state index in [2.05, 4.69) is 9.84 Å². The molecule has 3 aromatic carbocycles. The third-order valence-electron chi connectivity index (χ3n) is 8.21. The first-order chi connectivity index (χ1) is 22.3. The topological polar surface area (TPSA) is 98.5 Å². The summed E-state index contributed by atoms with van der Waals surface area (Å²) < 4.78 is 161. The molecule has 0 fully saturated rings. The molecule has 0 spiro atoms. The fraction of sp³-hybridized carbons (Fsp3) is 0.290. The second-order valence-electron chi connectivity index (χ2n) is 11.1. The summed E-state index contributed by atoms with van der Waals surface area (Å²) in [5, 5.41) is 13.3. The second kappa shape index (κ2) is 12.3.